The van der Waals surface area contributed by atoms with Gasteiger partial charge in [0.15, 0.2) is 5.82 Å². The van der Waals surface area contributed by atoms with Crippen molar-refractivity contribution in [3.63, 3.8) is 0 Å². The monoisotopic (exact) mass is 434 g/mol. The number of nitrogens with zero attached hydrogens (tertiary/aromatic N) is 3. The maximum absolute atomic E-state index is 12.9. The van der Waals surface area contributed by atoms with E-state index in [4.69, 9.17) is 4.74 Å². The molecule has 7 heteroatoms. The zero-order chi connectivity index (χ0) is 21.6. The van der Waals surface area contributed by atoms with Gasteiger partial charge in [0, 0.05) is 23.5 Å². The second kappa shape index (κ2) is 9.83. The summed E-state index contributed by atoms with van der Waals surface area (Å²) in [5.41, 5.74) is 2.68. The van der Waals surface area contributed by atoms with E-state index in [2.05, 4.69) is 20.4 Å². The molecule has 1 atom stereocenters. The van der Waals surface area contributed by atoms with Crippen molar-refractivity contribution in [3.8, 4) is 17.0 Å². The van der Waals surface area contributed by atoms with Crippen LogP contribution in [-0.2, 0) is 4.79 Å². The number of carbonyl (C=O) groups excluding carboxylic acids is 1. The molecule has 1 aliphatic rings. The minimum atomic E-state index is -0.0771. The Hall–Kier alpha value is -3.06. The summed E-state index contributed by atoms with van der Waals surface area (Å²) >= 11 is 1.63. The summed E-state index contributed by atoms with van der Waals surface area (Å²) in [4.78, 5) is 16.1. The van der Waals surface area contributed by atoms with Gasteiger partial charge < -0.3 is 15.0 Å². The van der Waals surface area contributed by atoms with Crippen LogP contribution in [0.2, 0.25) is 0 Å². The molecule has 1 N–H and O–H groups in total. The third-order valence-corrected chi connectivity index (χ3v) is 6.31. The summed E-state index contributed by atoms with van der Waals surface area (Å²) in [5, 5.41) is 12.0. The van der Waals surface area contributed by atoms with Crippen LogP contribution in [-0.4, -0.2) is 42.6 Å². The first kappa shape index (κ1) is 21.2. The van der Waals surface area contributed by atoms with Gasteiger partial charge in [-0.15, -0.1) is 22.0 Å². The Morgan fingerprint density at radius 3 is 2.61 bits per heavy atom. The summed E-state index contributed by atoms with van der Waals surface area (Å²) in [7, 11) is 1.65. The number of amides is 1. The van der Waals surface area contributed by atoms with E-state index in [1.165, 1.54) is 0 Å². The predicted molar refractivity (Wildman–Crippen MR) is 126 cm³/mol. The van der Waals surface area contributed by atoms with Crippen molar-refractivity contribution in [1.82, 2.24) is 10.2 Å². The Kier molecular flexibility index (Phi) is 6.72. The zero-order valence-corrected chi connectivity index (χ0v) is 18.6. The third-order valence-electron chi connectivity index (χ3n) is 5.52. The first-order valence-electron chi connectivity index (χ1n) is 10.3. The van der Waals surface area contributed by atoms with Crippen molar-refractivity contribution >= 4 is 29.2 Å². The summed E-state index contributed by atoms with van der Waals surface area (Å²) < 4.78 is 5.21. The number of thioether (sulfide) groups is 1. The van der Waals surface area contributed by atoms with Crippen LogP contribution in [0.15, 0.2) is 65.6 Å². The molecule has 1 amide bonds. The van der Waals surface area contributed by atoms with Crippen LogP contribution >= 0.6 is 11.8 Å². The molecule has 1 fully saturated rings. The number of benzene rings is 2. The van der Waals surface area contributed by atoms with Crippen LogP contribution in [0.3, 0.4) is 0 Å². The molecule has 0 spiro atoms. The Balaban J connectivity index is 1.42. The number of ether oxygens (including phenoxy) is 1. The molecule has 6 nitrogen and oxygen atoms in total. The number of anilines is 2. The van der Waals surface area contributed by atoms with E-state index in [0.717, 1.165) is 52.8 Å². The van der Waals surface area contributed by atoms with E-state index in [1.54, 1.807) is 18.9 Å². The van der Waals surface area contributed by atoms with Gasteiger partial charge in [-0.2, -0.15) is 0 Å². The van der Waals surface area contributed by atoms with Crippen LogP contribution < -0.4 is 15.0 Å². The summed E-state index contributed by atoms with van der Waals surface area (Å²) in [6, 6.07) is 19.6. The molecule has 0 bridgehead atoms. The van der Waals surface area contributed by atoms with Gasteiger partial charge in [-0.25, -0.2) is 0 Å². The van der Waals surface area contributed by atoms with Crippen LogP contribution in [0.4, 0.5) is 11.5 Å². The van der Waals surface area contributed by atoms with Crippen molar-refractivity contribution in [1.29, 1.82) is 0 Å². The molecule has 0 radical (unpaired) electrons. The number of piperidine rings is 1. The van der Waals surface area contributed by atoms with Gasteiger partial charge in [0.1, 0.15) is 5.75 Å². The van der Waals surface area contributed by atoms with E-state index >= 15 is 0 Å². The average Bonchev–Trinajstić information content (AvgIpc) is 2.84. The fourth-order valence-corrected chi connectivity index (χ4v) is 4.35. The highest BCUT2D eigenvalue weighted by Crippen LogP contribution is 2.28. The molecule has 2 aromatic carbocycles. The lowest BCUT2D eigenvalue weighted by Crippen LogP contribution is -2.41. The zero-order valence-electron chi connectivity index (χ0n) is 17.7. The smallest absolute Gasteiger partial charge is 0.229 e. The third kappa shape index (κ3) is 4.99. The van der Waals surface area contributed by atoms with Gasteiger partial charge in [0.05, 0.1) is 24.4 Å². The molecule has 1 aliphatic heterocycles. The van der Waals surface area contributed by atoms with Crippen molar-refractivity contribution in [2.24, 2.45) is 5.92 Å². The number of methoxy groups -OCH3 is 1. The van der Waals surface area contributed by atoms with Crippen LogP contribution in [0.25, 0.3) is 11.3 Å². The molecule has 0 aliphatic carbocycles. The minimum Gasteiger partial charge on any atom is -0.497 e. The number of hydrogen-bond acceptors (Lipinski definition) is 6. The molecule has 160 valence electrons. The SMILES string of the molecule is COc1ccc(-c2ccc(N3CCCC(C(=O)Nc4ccccc4SC)C3)nn2)cc1. The highest BCUT2D eigenvalue weighted by Gasteiger charge is 2.27. The predicted octanol–water partition coefficient (Wildman–Crippen LogP) is 4.73. The Morgan fingerprint density at radius 2 is 1.90 bits per heavy atom. The van der Waals surface area contributed by atoms with Crippen LogP contribution in [0.1, 0.15) is 12.8 Å². The van der Waals surface area contributed by atoms with Crippen molar-refractivity contribution in [3.05, 3.63) is 60.7 Å². The molecule has 1 saturated heterocycles. The van der Waals surface area contributed by atoms with Crippen molar-refractivity contribution in [2.75, 3.05) is 36.7 Å². The van der Waals surface area contributed by atoms with Crippen LogP contribution in [0.5, 0.6) is 5.75 Å². The van der Waals surface area contributed by atoms with Crippen molar-refractivity contribution in [2.45, 2.75) is 17.7 Å². The van der Waals surface area contributed by atoms with E-state index in [9.17, 15) is 4.79 Å². The standard InChI is InChI=1S/C24H26N4O2S/c1-30-19-11-9-17(10-12-19)20-13-14-23(27-26-20)28-15-5-6-18(16-28)24(29)25-21-7-3-4-8-22(21)31-2/h3-4,7-14,18H,5-6,15-16H2,1-2H3,(H,25,29). The van der Waals surface area contributed by atoms with E-state index in [1.807, 2.05) is 66.9 Å². The lowest BCUT2D eigenvalue weighted by atomic mass is 9.97. The molecule has 31 heavy (non-hydrogen) atoms. The highest BCUT2D eigenvalue weighted by molar-refractivity contribution is 7.98. The first-order chi connectivity index (χ1) is 15.2. The second-order valence-electron chi connectivity index (χ2n) is 7.48. The Labute approximate surface area is 187 Å². The molecule has 1 aromatic heterocycles. The molecular weight excluding hydrogens is 408 g/mol. The summed E-state index contributed by atoms with van der Waals surface area (Å²) in [5.74, 6) is 1.60. The molecular formula is C24H26N4O2S. The summed E-state index contributed by atoms with van der Waals surface area (Å²) in [6.07, 6.45) is 3.84. The van der Waals surface area contributed by atoms with Gasteiger partial charge in [-0.1, -0.05) is 12.1 Å². The number of nitrogens with one attached hydrogen (secondary N) is 1. The Morgan fingerprint density at radius 1 is 1.10 bits per heavy atom. The minimum absolute atomic E-state index is 0.0639. The second-order valence-corrected chi connectivity index (χ2v) is 8.33. The van der Waals surface area contributed by atoms with E-state index in [-0.39, 0.29) is 11.8 Å². The fourth-order valence-electron chi connectivity index (χ4n) is 3.79. The maximum atomic E-state index is 12.9. The number of aromatic nitrogens is 2. The van der Waals surface area contributed by atoms with Crippen LogP contribution in [0, 0.1) is 5.92 Å². The van der Waals surface area contributed by atoms with Gasteiger partial charge in [0.2, 0.25) is 5.91 Å². The van der Waals surface area contributed by atoms with Gasteiger partial charge in [-0.3, -0.25) is 4.79 Å². The molecule has 1 unspecified atom stereocenters. The first-order valence-corrected chi connectivity index (χ1v) is 11.6. The molecule has 3 aromatic rings. The van der Waals surface area contributed by atoms with Gasteiger partial charge in [0.25, 0.3) is 0 Å². The van der Waals surface area contributed by atoms with Gasteiger partial charge >= 0.3 is 0 Å². The highest BCUT2D eigenvalue weighted by atomic mass is 32.2. The number of rotatable bonds is 6. The molecule has 2 heterocycles. The largest absolute Gasteiger partial charge is 0.497 e. The number of hydrogen-bond donors (Lipinski definition) is 1. The molecule has 4 rings (SSSR count). The lowest BCUT2D eigenvalue weighted by molar-refractivity contribution is -0.120. The average molecular weight is 435 g/mol. The topological polar surface area (TPSA) is 67.3 Å². The number of para-hydroxylation sites is 1. The van der Waals surface area contributed by atoms with E-state index in [0.29, 0.717) is 6.54 Å². The fraction of sp³-hybridized carbons (Fsp3) is 0.292. The number of carbonyl (C=O) groups is 1. The lowest BCUT2D eigenvalue weighted by Gasteiger charge is -2.32. The summed E-state index contributed by atoms with van der Waals surface area (Å²) in [6.45, 7) is 1.52. The van der Waals surface area contributed by atoms with Gasteiger partial charge in [-0.05, 0) is 67.6 Å². The van der Waals surface area contributed by atoms with E-state index < -0.39 is 0 Å². The molecule has 0 saturated carbocycles. The van der Waals surface area contributed by atoms with Crippen molar-refractivity contribution < 1.29 is 9.53 Å². The Bertz CT molecular complexity index is 1020. The maximum Gasteiger partial charge on any atom is 0.229 e. The normalized spacial score (nSPS) is 16.1. The quantitative estimate of drug-likeness (QED) is 0.566.